The van der Waals surface area contributed by atoms with Gasteiger partial charge in [0.2, 0.25) is 0 Å². The number of aryl methyl sites for hydroxylation is 1. The van der Waals surface area contributed by atoms with Crippen molar-refractivity contribution < 1.29 is 4.42 Å². The fraction of sp³-hybridized carbons (Fsp3) is 0.333. The van der Waals surface area contributed by atoms with Crippen molar-refractivity contribution in [3.05, 3.63) is 36.1 Å². The van der Waals surface area contributed by atoms with Crippen molar-refractivity contribution in [3.8, 4) is 0 Å². The molecule has 0 saturated heterocycles. The number of nitrogens with one attached hydrogen (secondary N) is 1. The van der Waals surface area contributed by atoms with Gasteiger partial charge in [-0.05, 0) is 32.1 Å². The SMILES string of the molecule is CNCCCc1cc2ccccc2o1. The standard InChI is InChI=1S/C12H15NO/c1-13-8-4-6-11-9-10-5-2-3-7-12(10)14-11/h2-3,5,7,9,13H,4,6,8H2,1H3. The first-order valence-corrected chi connectivity index (χ1v) is 5.02. The molecule has 0 bridgehead atoms. The summed E-state index contributed by atoms with van der Waals surface area (Å²) >= 11 is 0. The summed E-state index contributed by atoms with van der Waals surface area (Å²) in [5.41, 5.74) is 0.993. The summed E-state index contributed by atoms with van der Waals surface area (Å²) in [6, 6.07) is 10.3. The Labute approximate surface area is 83.9 Å². The second-order valence-electron chi connectivity index (χ2n) is 3.46. The van der Waals surface area contributed by atoms with Crippen molar-refractivity contribution in [1.82, 2.24) is 5.32 Å². The van der Waals surface area contributed by atoms with Crippen LogP contribution < -0.4 is 5.32 Å². The Bertz CT molecular complexity index is 372. The molecule has 0 atom stereocenters. The van der Waals surface area contributed by atoms with Crippen LogP contribution in [0.25, 0.3) is 11.0 Å². The maximum Gasteiger partial charge on any atom is 0.134 e. The minimum atomic E-state index is 0.993. The van der Waals surface area contributed by atoms with Gasteiger partial charge in [0.05, 0.1) is 0 Å². The van der Waals surface area contributed by atoms with Crippen molar-refractivity contribution in [2.24, 2.45) is 0 Å². The van der Waals surface area contributed by atoms with Gasteiger partial charge in [0.15, 0.2) is 0 Å². The monoisotopic (exact) mass is 189 g/mol. The minimum absolute atomic E-state index is 0.993. The molecule has 1 heterocycles. The van der Waals surface area contributed by atoms with E-state index in [0.717, 1.165) is 30.7 Å². The average molecular weight is 189 g/mol. The van der Waals surface area contributed by atoms with Crippen LogP contribution in [0.2, 0.25) is 0 Å². The third-order valence-electron chi connectivity index (χ3n) is 2.33. The molecule has 0 unspecified atom stereocenters. The van der Waals surface area contributed by atoms with Crippen LogP contribution in [0, 0.1) is 0 Å². The lowest BCUT2D eigenvalue weighted by atomic mass is 10.2. The summed E-state index contributed by atoms with van der Waals surface area (Å²) in [6.45, 7) is 1.04. The zero-order valence-electron chi connectivity index (χ0n) is 8.42. The number of para-hydroxylation sites is 1. The van der Waals surface area contributed by atoms with Gasteiger partial charge in [-0.3, -0.25) is 0 Å². The molecule has 0 fully saturated rings. The zero-order chi connectivity index (χ0) is 9.80. The molecule has 2 rings (SSSR count). The predicted octanol–water partition coefficient (Wildman–Crippen LogP) is 2.58. The molecule has 0 amide bonds. The molecule has 1 aromatic heterocycles. The van der Waals surface area contributed by atoms with E-state index in [1.807, 2.05) is 25.2 Å². The number of furan rings is 1. The Hall–Kier alpha value is -1.28. The molecule has 2 nitrogen and oxygen atoms in total. The highest BCUT2D eigenvalue weighted by Crippen LogP contribution is 2.19. The topological polar surface area (TPSA) is 25.2 Å². The van der Waals surface area contributed by atoms with Crippen LogP contribution in [0.15, 0.2) is 34.7 Å². The van der Waals surface area contributed by atoms with Gasteiger partial charge in [0.25, 0.3) is 0 Å². The molecule has 0 aliphatic heterocycles. The summed E-state index contributed by atoms with van der Waals surface area (Å²) in [5.74, 6) is 1.08. The second-order valence-corrected chi connectivity index (χ2v) is 3.46. The Morgan fingerprint density at radius 3 is 2.93 bits per heavy atom. The van der Waals surface area contributed by atoms with E-state index in [4.69, 9.17) is 4.42 Å². The summed E-state index contributed by atoms with van der Waals surface area (Å²) in [5, 5.41) is 4.33. The van der Waals surface area contributed by atoms with Crippen LogP contribution in [0.5, 0.6) is 0 Å². The summed E-state index contributed by atoms with van der Waals surface area (Å²) in [4.78, 5) is 0. The zero-order valence-corrected chi connectivity index (χ0v) is 8.42. The van der Waals surface area contributed by atoms with Crippen LogP contribution in [-0.2, 0) is 6.42 Å². The largest absolute Gasteiger partial charge is 0.461 e. The van der Waals surface area contributed by atoms with E-state index in [9.17, 15) is 0 Å². The second kappa shape index (κ2) is 4.29. The molecular formula is C12H15NO. The highest BCUT2D eigenvalue weighted by atomic mass is 16.3. The van der Waals surface area contributed by atoms with Crippen LogP contribution >= 0.6 is 0 Å². The lowest BCUT2D eigenvalue weighted by Crippen LogP contribution is -2.07. The van der Waals surface area contributed by atoms with Gasteiger partial charge in [0.1, 0.15) is 11.3 Å². The van der Waals surface area contributed by atoms with E-state index in [2.05, 4.69) is 17.4 Å². The molecule has 1 aromatic carbocycles. The average Bonchev–Trinajstić information content (AvgIpc) is 2.60. The van der Waals surface area contributed by atoms with Crippen molar-refractivity contribution in [2.75, 3.05) is 13.6 Å². The van der Waals surface area contributed by atoms with Crippen LogP contribution in [0.1, 0.15) is 12.2 Å². The van der Waals surface area contributed by atoms with E-state index in [0.29, 0.717) is 0 Å². The lowest BCUT2D eigenvalue weighted by Gasteiger charge is -1.95. The van der Waals surface area contributed by atoms with E-state index in [1.54, 1.807) is 0 Å². The Morgan fingerprint density at radius 1 is 1.29 bits per heavy atom. The highest BCUT2D eigenvalue weighted by molar-refractivity contribution is 5.77. The third kappa shape index (κ3) is 1.96. The first kappa shape index (κ1) is 9.28. The normalized spacial score (nSPS) is 10.9. The molecule has 14 heavy (non-hydrogen) atoms. The van der Waals surface area contributed by atoms with Crippen LogP contribution in [0.3, 0.4) is 0 Å². The fourth-order valence-electron chi connectivity index (χ4n) is 1.60. The maximum absolute atomic E-state index is 5.69. The van der Waals surface area contributed by atoms with Gasteiger partial charge in [-0.15, -0.1) is 0 Å². The van der Waals surface area contributed by atoms with Crippen molar-refractivity contribution >= 4 is 11.0 Å². The van der Waals surface area contributed by atoms with Crippen LogP contribution in [0.4, 0.5) is 0 Å². The summed E-state index contributed by atoms with van der Waals surface area (Å²) in [6.07, 6.45) is 2.13. The van der Waals surface area contributed by atoms with Gasteiger partial charge >= 0.3 is 0 Å². The molecule has 0 spiro atoms. The molecule has 0 aliphatic carbocycles. The first-order chi connectivity index (χ1) is 6.90. The Balaban J connectivity index is 2.11. The minimum Gasteiger partial charge on any atom is -0.461 e. The molecular weight excluding hydrogens is 174 g/mol. The number of hydrogen-bond donors (Lipinski definition) is 1. The van der Waals surface area contributed by atoms with Crippen molar-refractivity contribution in [3.63, 3.8) is 0 Å². The molecule has 1 N–H and O–H groups in total. The molecule has 0 radical (unpaired) electrons. The van der Waals surface area contributed by atoms with Gasteiger partial charge in [-0.1, -0.05) is 18.2 Å². The Kier molecular flexibility index (Phi) is 2.84. The number of benzene rings is 1. The molecule has 0 saturated carbocycles. The number of rotatable bonds is 4. The molecule has 0 aliphatic rings. The van der Waals surface area contributed by atoms with Gasteiger partial charge in [-0.2, -0.15) is 0 Å². The molecule has 74 valence electrons. The molecule has 2 aromatic rings. The van der Waals surface area contributed by atoms with Crippen molar-refractivity contribution in [1.29, 1.82) is 0 Å². The lowest BCUT2D eigenvalue weighted by molar-refractivity contribution is 0.534. The smallest absolute Gasteiger partial charge is 0.134 e. The number of hydrogen-bond acceptors (Lipinski definition) is 2. The van der Waals surface area contributed by atoms with E-state index >= 15 is 0 Å². The highest BCUT2D eigenvalue weighted by Gasteiger charge is 2.01. The molecule has 2 heteroatoms. The van der Waals surface area contributed by atoms with E-state index in [-0.39, 0.29) is 0 Å². The Morgan fingerprint density at radius 2 is 2.14 bits per heavy atom. The fourth-order valence-corrected chi connectivity index (χ4v) is 1.60. The van der Waals surface area contributed by atoms with E-state index in [1.165, 1.54) is 5.39 Å². The summed E-state index contributed by atoms with van der Waals surface area (Å²) in [7, 11) is 1.97. The summed E-state index contributed by atoms with van der Waals surface area (Å²) < 4.78 is 5.69. The van der Waals surface area contributed by atoms with Gasteiger partial charge < -0.3 is 9.73 Å². The van der Waals surface area contributed by atoms with Crippen molar-refractivity contribution in [2.45, 2.75) is 12.8 Å². The predicted molar refractivity (Wildman–Crippen MR) is 58.5 cm³/mol. The first-order valence-electron chi connectivity index (χ1n) is 5.02. The quantitative estimate of drug-likeness (QED) is 0.748. The van der Waals surface area contributed by atoms with Crippen LogP contribution in [-0.4, -0.2) is 13.6 Å². The number of fused-ring (bicyclic) bond motifs is 1. The maximum atomic E-state index is 5.69. The third-order valence-corrected chi connectivity index (χ3v) is 2.33. The van der Waals surface area contributed by atoms with E-state index < -0.39 is 0 Å². The van der Waals surface area contributed by atoms with Gasteiger partial charge in [-0.25, -0.2) is 0 Å². The van der Waals surface area contributed by atoms with Gasteiger partial charge in [0, 0.05) is 11.8 Å².